The van der Waals surface area contributed by atoms with Gasteiger partial charge in [0, 0.05) is 0 Å². The summed E-state index contributed by atoms with van der Waals surface area (Å²) in [6.07, 6.45) is 1.68. The maximum atomic E-state index is 12.6. The summed E-state index contributed by atoms with van der Waals surface area (Å²) in [4.78, 5) is 26.0. The molecule has 0 unspecified atom stereocenters. The second-order valence-electron chi connectivity index (χ2n) is 5.76. The summed E-state index contributed by atoms with van der Waals surface area (Å²) >= 11 is 2.17. The molecule has 25 heavy (non-hydrogen) atoms. The van der Waals surface area contributed by atoms with E-state index in [-0.39, 0.29) is 18.1 Å². The summed E-state index contributed by atoms with van der Waals surface area (Å²) in [5.41, 5.74) is 3.11. The van der Waals surface area contributed by atoms with E-state index in [0.29, 0.717) is 0 Å². The number of nitrogens with one attached hydrogen (secondary N) is 1. The smallest absolute Gasteiger partial charge is 0.329 e. The molecular formula is C19H17IN2O3. The lowest BCUT2D eigenvalue weighted by atomic mass is 10.1. The van der Waals surface area contributed by atoms with Crippen molar-refractivity contribution < 1.29 is 14.3 Å². The maximum absolute atomic E-state index is 12.6. The van der Waals surface area contributed by atoms with Crippen molar-refractivity contribution in [3.63, 3.8) is 0 Å². The molecule has 1 N–H and O–H groups in total. The number of aryl methyl sites for hydroxylation is 1. The van der Waals surface area contributed by atoms with Crippen molar-refractivity contribution in [1.29, 1.82) is 0 Å². The Morgan fingerprint density at radius 2 is 2.00 bits per heavy atom. The van der Waals surface area contributed by atoms with Gasteiger partial charge in [-0.25, -0.2) is 4.79 Å². The number of nitrogens with zero attached hydrogens (tertiary/aromatic N) is 1. The van der Waals surface area contributed by atoms with E-state index < -0.39 is 6.03 Å². The normalized spacial score (nSPS) is 15.6. The van der Waals surface area contributed by atoms with Gasteiger partial charge < -0.3 is 10.1 Å². The van der Waals surface area contributed by atoms with E-state index in [4.69, 9.17) is 4.74 Å². The van der Waals surface area contributed by atoms with Crippen molar-refractivity contribution in [3.05, 3.63) is 68.4 Å². The molecule has 3 amide bonds. The third kappa shape index (κ3) is 3.84. The number of amides is 3. The van der Waals surface area contributed by atoms with Crippen molar-refractivity contribution in [2.24, 2.45) is 0 Å². The summed E-state index contributed by atoms with van der Waals surface area (Å²) in [7, 11) is 1.61. The number of carbonyl (C=O) groups excluding carboxylic acids is 2. The van der Waals surface area contributed by atoms with Gasteiger partial charge in [-0.3, -0.25) is 9.69 Å². The largest absolute Gasteiger partial charge is 0.496 e. The number of hydrogen-bond acceptors (Lipinski definition) is 3. The molecule has 1 aliphatic rings. The highest BCUT2D eigenvalue weighted by molar-refractivity contribution is 14.1. The van der Waals surface area contributed by atoms with Crippen molar-refractivity contribution in [2.45, 2.75) is 13.5 Å². The molecule has 0 spiro atoms. The number of carbonyl (C=O) groups is 2. The van der Waals surface area contributed by atoms with E-state index >= 15 is 0 Å². The highest BCUT2D eigenvalue weighted by Crippen LogP contribution is 2.24. The zero-order chi connectivity index (χ0) is 18.0. The number of rotatable bonds is 4. The van der Waals surface area contributed by atoms with Crippen LogP contribution in [0.15, 0.2) is 48.2 Å². The van der Waals surface area contributed by atoms with Crippen LogP contribution >= 0.6 is 22.6 Å². The molecule has 1 heterocycles. The Morgan fingerprint density at radius 1 is 1.20 bits per heavy atom. The van der Waals surface area contributed by atoms with Gasteiger partial charge in [0.1, 0.15) is 11.4 Å². The first-order valence-electron chi connectivity index (χ1n) is 7.71. The number of methoxy groups -OCH3 is 1. The molecule has 0 atom stereocenters. The molecule has 1 fully saturated rings. The second-order valence-corrected chi connectivity index (χ2v) is 6.92. The van der Waals surface area contributed by atoms with Crippen LogP contribution < -0.4 is 10.1 Å². The first-order chi connectivity index (χ1) is 12.0. The van der Waals surface area contributed by atoms with E-state index in [1.54, 1.807) is 13.2 Å². The second kappa shape index (κ2) is 7.26. The number of imide groups is 1. The molecule has 1 saturated heterocycles. The summed E-state index contributed by atoms with van der Waals surface area (Å²) in [6.45, 7) is 2.23. The molecule has 0 aliphatic carbocycles. The predicted molar refractivity (Wildman–Crippen MR) is 104 cm³/mol. The average molecular weight is 448 g/mol. The molecule has 1 aliphatic heterocycles. The fourth-order valence-electron chi connectivity index (χ4n) is 2.65. The van der Waals surface area contributed by atoms with Crippen molar-refractivity contribution in [3.8, 4) is 5.75 Å². The van der Waals surface area contributed by atoms with Gasteiger partial charge in [-0.2, -0.15) is 0 Å². The van der Waals surface area contributed by atoms with E-state index in [1.165, 1.54) is 4.90 Å². The average Bonchev–Trinajstić information content (AvgIpc) is 2.83. The summed E-state index contributed by atoms with van der Waals surface area (Å²) in [5.74, 6) is 0.447. The maximum Gasteiger partial charge on any atom is 0.329 e. The summed E-state index contributed by atoms with van der Waals surface area (Å²) in [5, 5.41) is 2.65. The number of hydrogen-bond donors (Lipinski definition) is 1. The Labute approximate surface area is 159 Å². The molecule has 0 saturated carbocycles. The molecule has 6 heteroatoms. The van der Waals surface area contributed by atoms with Crippen molar-refractivity contribution in [2.75, 3.05) is 7.11 Å². The van der Waals surface area contributed by atoms with E-state index in [2.05, 4.69) is 27.9 Å². The zero-order valence-corrected chi connectivity index (χ0v) is 16.0. The molecule has 128 valence electrons. The molecule has 0 aromatic heterocycles. The molecule has 3 rings (SSSR count). The third-order valence-electron chi connectivity index (χ3n) is 3.87. The third-order valence-corrected chi connectivity index (χ3v) is 4.72. The highest BCUT2D eigenvalue weighted by atomic mass is 127. The minimum Gasteiger partial charge on any atom is -0.496 e. The van der Waals surface area contributed by atoms with Crippen LogP contribution in [0.4, 0.5) is 4.79 Å². The number of benzene rings is 2. The monoisotopic (exact) mass is 448 g/mol. The van der Waals surface area contributed by atoms with Gasteiger partial charge >= 0.3 is 6.03 Å². The first-order valence-corrected chi connectivity index (χ1v) is 8.79. The minimum atomic E-state index is -0.402. The van der Waals surface area contributed by atoms with E-state index in [9.17, 15) is 9.59 Å². The quantitative estimate of drug-likeness (QED) is 0.441. The van der Waals surface area contributed by atoms with Gasteiger partial charge in [-0.1, -0.05) is 35.9 Å². The van der Waals surface area contributed by atoms with Crippen LogP contribution in [0.2, 0.25) is 0 Å². The van der Waals surface area contributed by atoms with E-state index in [1.807, 2.05) is 49.4 Å². The molecule has 5 nitrogen and oxygen atoms in total. The Morgan fingerprint density at radius 3 is 2.68 bits per heavy atom. The van der Waals surface area contributed by atoms with Gasteiger partial charge in [0.25, 0.3) is 5.91 Å². The number of halogens is 1. The van der Waals surface area contributed by atoms with E-state index in [0.717, 1.165) is 26.0 Å². The van der Waals surface area contributed by atoms with Gasteiger partial charge in [0.15, 0.2) is 0 Å². The first kappa shape index (κ1) is 17.5. The Hall–Kier alpha value is -2.35. The summed E-state index contributed by atoms with van der Waals surface area (Å²) < 4.78 is 6.16. The SMILES string of the molecule is COc1ccc(/C=C2/NC(=O)N(Cc3cccc(C)c3)C2=O)cc1I. The predicted octanol–water partition coefficient (Wildman–Crippen LogP) is 3.70. The fourth-order valence-corrected chi connectivity index (χ4v) is 3.41. The standard InChI is InChI=1S/C19H17IN2O3/c1-12-4-3-5-14(8-12)11-22-18(23)16(21-19(22)24)10-13-6-7-17(25-2)15(20)9-13/h3-10H,11H2,1-2H3,(H,21,24)/b16-10+. The van der Waals surface area contributed by atoms with Crippen LogP contribution in [0.5, 0.6) is 5.75 Å². The molecule has 2 aromatic rings. The lowest BCUT2D eigenvalue weighted by Crippen LogP contribution is -2.30. The Balaban J connectivity index is 1.82. The lowest BCUT2D eigenvalue weighted by Gasteiger charge is -2.12. The van der Waals surface area contributed by atoms with Gasteiger partial charge in [0.05, 0.1) is 17.2 Å². The van der Waals surface area contributed by atoms with Crippen LogP contribution in [0.25, 0.3) is 6.08 Å². The fraction of sp³-hybridized carbons (Fsp3) is 0.158. The van der Waals surface area contributed by atoms with Crippen molar-refractivity contribution >= 4 is 40.6 Å². The van der Waals surface area contributed by atoms with Crippen LogP contribution in [0.3, 0.4) is 0 Å². The van der Waals surface area contributed by atoms with Crippen LogP contribution in [-0.4, -0.2) is 23.9 Å². The van der Waals surface area contributed by atoms with Crippen LogP contribution in [0.1, 0.15) is 16.7 Å². The number of urea groups is 1. The topological polar surface area (TPSA) is 58.6 Å². The van der Waals surface area contributed by atoms with Gasteiger partial charge in [0.2, 0.25) is 0 Å². The molecule has 0 bridgehead atoms. The van der Waals surface area contributed by atoms with Crippen molar-refractivity contribution in [1.82, 2.24) is 10.2 Å². The minimum absolute atomic E-state index is 0.254. The summed E-state index contributed by atoms with van der Waals surface area (Å²) in [6, 6.07) is 12.9. The van der Waals surface area contributed by atoms with Crippen LogP contribution in [0, 0.1) is 10.5 Å². The Bertz CT molecular complexity index is 877. The Kier molecular flexibility index (Phi) is 5.08. The van der Waals surface area contributed by atoms with Gasteiger partial charge in [-0.15, -0.1) is 0 Å². The molecule has 0 radical (unpaired) electrons. The lowest BCUT2D eigenvalue weighted by molar-refractivity contribution is -0.123. The zero-order valence-electron chi connectivity index (χ0n) is 13.9. The van der Waals surface area contributed by atoms with Crippen LogP contribution in [-0.2, 0) is 11.3 Å². The number of ether oxygens (including phenoxy) is 1. The highest BCUT2D eigenvalue weighted by Gasteiger charge is 2.33. The molecule has 2 aromatic carbocycles. The molecular weight excluding hydrogens is 431 g/mol. The van der Waals surface area contributed by atoms with Gasteiger partial charge in [-0.05, 0) is 58.9 Å².